The summed E-state index contributed by atoms with van der Waals surface area (Å²) < 4.78 is 1.49. The van der Waals surface area contributed by atoms with Crippen LogP contribution in [-0.4, -0.2) is 32.7 Å². The van der Waals surface area contributed by atoms with Crippen LogP contribution < -0.4 is 5.32 Å². The number of hydrogen-bond donors (Lipinski definition) is 1. The van der Waals surface area contributed by atoms with Crippen molar-refractivity contribution in [3.05, 3.63) is 36.2 Å². The normalized spacial score (nSPS) is 21.1. The second-order valence-electron chi connectivity index (χ2n) is 4.95. The molecule has 1 N–H and O–H groups in total. The molecular formula is C13H15N5O. The molecular weight excluding hydrogens is 242 g/mol. The maximum absolute atomic E-state index is 12.2. The molecule has 1 saturated carbocycles. The Hall–Kier alpha value is -2.24. The van der Waals surface area contributed by atoms with Gasteiger partial charge in [0.25, 0.3) is 5.91 Å². The van der Waals surface area contributed by atoms with E-state index in [1.165, 1.54) is 17.4 Å². The van der Waals surface area contributed by atoms with Crippen molar-refractivity contribution in [1.29, 1.82) is 0 Å². The fourth-order valence-corrected chi connectivity index (χ4v) is 2.14. The Kier molecular flexibility index (Phi) is 2.98. The highest BCUT2D eigenvalue weighted by Gasteiger charge is 2.32. The first kappa shape index (κ1) is 11.8. The van der Waals surface area contributed by atoms with Crippen LogP contribution in [0.1, 0.15) is 23.7 Å². The second kappa shape index (κ2) is 4.79. The first-order chi connectivity index (χ1) is 9.25. The third-order valence-electron chi connectivity index (χ3n) is 3.55. The van der Waals surface area contributed by atoms with Gasteiger partial charge >= 0.3 is 0 Å². The summed E-state index contributed by atoms with van der Waals surface area (Å²) in [5.74, 6) is 1.28. The fourth-order valence-electron chi connectivity index (χ4n) is 2.14. The highest BCUT2D eigenvalue weighted by Crippen LogP contribution is 2.36. The number of nitrogens with one attached hydrogen (secondary N) is 1. The molecule has 6 heteroatoms. The summed E-state index contributed by atoms with van der Waals surface area (Å²) in [7, 11) is 0. The molecule has 19 heavy (non-hydrogen) atoms. The number of aromatic nitrogens is 4. The molecule has 2 aromatic rings. The van der Waals surface area contributed by atoms with E-state index in [0.717, 1.165) is 12.5 Å². The van der Waals surface area contributed by atoms with Gasteiger partial charge in [-0.15, -0.1) is 5.10 Å². The second-order valence-corrected chi connectivity index (χ2v) is 4.95. The molecule has 1 heterocycles. The summed E-state index contributed by atoms with van der Waals surface area (Å²) in [6.45, 7) is 2.94. The van der Waals surface area contributed by atoms with Gasteiger partial charge in [0, 0.05) is 6.54 Å². The number of carbonyl (C=O) groups excluding carboxylic acids is 1. The Morgan fingerprint density at radius 1 is 1.47 bits per heavy atom. The van der Waals surface area contributed by atoms with E-state index in [4.69, 9.17) is 0 Å². The first-order valence-corrected chi connectivity index (χ1v) is 6.36. The number of para-hydroxylation sites is 1. The van der Waals surface area contributed by atoms with Gasteiger partial charge in [0.15, 0.2) is 0 Å². The maximum atomic E-state index is 12.2. The number of tetrazole rings is 1. The van der Waals surface area contributed by atoms with Crippen LogP contribution in [0.4, 0.5) is 0 Å². The number of benzene rings is 1. The first-order valence-electron chi connectivity index (χ1n) is 6.36. The van der Waals surface area contributed by atoms with Crippen LogP contribution in [0.25, 0.3) is 5.69 Å². The van der Waals surface area contributed by atoms with Crippen LogP contribution in [0, 0.1) is 11.8 Å². The highest BCUT2D eigenvalue weighted by molar-refractivity contribution is 5.97. The van der Waals surface area contributed by atoms with Crippen molar-refractivity contribution in [1.82, 2.24) is 25.5 Å². The van der Waals surface area contributed by atoms with Crippen LogP contribution in [-0.2, 0) is 0 Å². The van der Waals surface area contributed by atoms with E-state index in [1.54, 1.807) is 6.07 Å². The number of nitrogens with zero attached hydrogens (tertiary/aromatic N) is 4. The summed E-state index contributed by atoms with van der Waals surface area (Å²) >= 11 is 0. The standard InChI is InChI=1S/C13H15N5O/c1-9-6-10(9)7-14-13(19)11-4-2-3-5-12(11)18-8-15-16-17-18/h2-5,8-10H,6-7H2,1H3,(H,14,19). The molecule has 1 fully saturated rings. The van der Waals surface area contributed by atoms with E-state index < -0.39 is 0 Å². The van der Waals surface area contributed by atoms with Gasteiger partial charge in [0.05, 0.1) is 11.3 Å². The largest absolute Gasteiger partial charge is 0.352 e. The molecule has 0 bridgehead atoms. The molecule has 1 aromatic heterocycles. The van der Waals surface area contributed by atoms with E-state index in [1.807, 2.05) is 18.2 Å². The third-order valence-corrected chi connectivity index (χ3v) is 3.55. The molecule has 2 unspecified atom stereocenters. The Morgan fingerprint density at radius 2 is 2.26 bits per heavy atom. The number of hydrogen-bond acceptors (Lipinski definition) is 4. The lowest BCUT2D eigenvalue weighted by molar-refractivity contribution is 0.0951. The monoisotopic (exact) mass is 257 g/mol. The van der Waals surface area contributed by atoms with Gasteiger partial charge in [-0.25, -0.2) is 0 Å². The van der Waals surface area contributed by atoms with E-state index in [-0.39, 0.29) is 5.91 Å². The SMILES string of the molecule is CC1CC1CNC(=O)c1ccccc1-n1cnnn1. The van der Waals surface area contributed by atoms with Gasteiger partial charge in [-0.05, 0) is 40.8 Å². The summed E-state index contributed by atoms with van der Waals surface area (Å²) in [6.07, 6.45) is 2.68. The fraction of sp³-hybridized carbons (Fsp3) is 0.385. The molecule has 0 saturated heterocycles. The Labute approximate surface area is 110 Å². The number of rotatable bonds is 4. The summed E-state index contributed by atoms with van der Waals surface area (Å²) in [5.41, 5.74) is 1.27. The quantitative estimate of drug-likeness (QED) is 0.888. The van der Waals surface area contributed by atoms with Crippen molar-refractivity contribution < 1.29 is 4.79 Å². The van der Waals surface area contributed by atoms with Crippen molar-refractivity contribution in [2.24, 2.45) is 11.8 Å². The lowest BCUT2D eigenvalue weighted by atomic mass is 10.1. The van der Waals surface area contributed by atoms with Crippen molar-refractivity contribution in [3.63, 3.8) is 0 Å². The maximum Gasteiger partial charge on any atom is 0.253 e. The van der Waals surface area contributed by atoms with Gasteiger partial charge in [-0.3, -0.25) is 4.79 Å². The van der Waals surface area contributed by atoms with Crippen molar-refractivity contribution in [3.8, 4) is 5.69 Å². The molecule has 1 aliphatic rings. The molecule has 2 atom stereocenters. The highest BCUT2D eigenvalue weighted by atomic mass is 16.1. The van der Waals surface area contributed by atoms with Crippen LogP contribution in [0.5, 0.6) is 0 Å². The van der Waals surface area contributed by atoms with Gasteiger partial charge in [0.1, 0.15) is 6.33 Å². The van der Waals surface area contributed by atoms with Crippen LogP contribution in [0.2, 0.25) is 0 Å². The van der Waals surface area contributed by atoms with Crippen molar-refractivity contribution in [2.45, 2.75) is 13.3 Å². The van der Waals surface area contributed by atoms with E-state index in [2.05, 4.69) is 27.8 Å². The molecule has 0 aliphatic heterocycles. The minimum atomic E-state index is -0.0785. The Morgan fingerprint density at radius 3 is 2.95 bits per heavy atom. The molecule has 0 radical (unpaired) electrons. The van der Waals surface area contributed by atoms with E-state index in [0.29, 0.717) is 17.2 Å². The molecule has 98 valence electrons. The molecule has 1 aliphatic carbocycles. The molecule has 0 spiro atoms. The van der Waals surface area contributed by atoms with Gasteiger partial charge < -0.3 is 5.32 Å². The predicted molar refractivity (Wildman–Crippen MR) is 68.8 cm³/mol. The molecule has 1 aromatic carbocycles. The summed E-state index contributed by atoms with van der Waals surface area (Å²) in [6, 6.07) is 7.30. The topological polar surface area (TPSA) is 72.7 Å². The minimum Gasteiger partial charge on any atom is -0.352 e. The van der Waals surface area contributed by atoms with Gasteiger partial charge in [-0.1, -0.05) is 19.1 Å². The van der Waals surface area contributed by atoms with Crippen molar-refractivity contribution >= 4 is 5.91 Å². The van der Waals surface area contributed by atoms with Crippen LogP contribution >= 0.6 is 0 Å². The average Bonchev–Trinajstić information content (AvgIpc) is 2.93. The molecule has 1 amide bonds. The van der Waals surface area contributed by atoms with E-state index >= 15 is 0 Å². The third kappa shape index (κ3) is 2.47. The predicted octanol–water partition coefficient (Wildman–Crippen LogP) is 1.05. The van der Waals surface area contributed by atoms with Crippen LogP contribution in [0.3, 0.4) is 0 Å². The van der Waals surface area contributed by atoms with Crippen LogP contribution in [0.15, 0.2) is 30.6 Å². The summed E-state index contributed by atoms with van der Waals surface area (Å²) in [5, 5.41) is 14.0. The van der Waals surface area contributed by atoms with E-state index in [9.17, 15) is 4.79 Å². The number of amides is 1. The van der Waals surface area contributed by atoms with Gasteiger partial charge in [-0.2, -0.15) is 4.68 Å². The zero-order valence-corrected chi connectivity index (χ0v) is 10.7. The smallest absolute Gasteiger partial charge is 0.253 e. The Balaban J connectivity index is 1.78. The van der Waals surface area contributed by atoms with Gasteiger partial charge in [0.2, 0.25) is 0 Å². The lowest BCUT2D eigenvalue weighted by Gasteiger charge is -2.08. The molecule has 3 rings (SSSR count). The average molecular weight is 257 g/mol. The lowest BCUT2D eigenvalue weighted by Crippen LogP contribution is -2.27. The molecule has 6 nitrogen and oxygen atoms in total. The Bertz CT molecular complexity index is 580. The zero-order valence-electron chi connectivity index (χ0n) is 10.7. The van der Waals surface area contributed by atoms with Crippen molar-refractivity contribution in [2.75, 3.05) is 6.54 Å². The minimum absolute atomic E-state index is 0.0785. The number of carbonyl (C=O) groups is 1. The summed E-state index contributed by atoms with van der Waals surface area (Å²) in [4.78, 5) is 12.2. The zero-order chi connectivity index (χ0) is 13.2.